The summed E-state index contributed by atoms with van der Waals surface area (Å²) in [5.74, 6) is 0. The predicted octanol–water partition coefficient (Wildman–Crippen LogP) is 1.70. The third kappa shape index (κ3) is 4.44. The van der Waals surface area contributed by atoms with Crippen molar-refractivity contribution < 1.29 is 4.79 Å². The summed E-state index contributed by atoms with van der Waals surface area (Å²) in [5, 5.41) is 2.84. The molecule has 0 saturated carbocycles. The molecule has 0 atom stereocenters. The van der Waals surface area contributed by atoms with Crippen LogP contribution in [0.5, 0.6) is 0 Å². The molecule has 2 amide bonds. The van der Waals surface area contributed by atoms with Gasteiger partial charge in [0.1, 0.15) is 0 Å². The summed E-state index contributed by atoms with van der Waals surface area (Å²) in [7, 11) is 1.79. The highest BCUT2D eigenvalue weighted by atomic mass is 16.2. The second-order valence-electron chi connectivity index (χ2n) is 4.11. The Morgan fingerprint density at radius 3 is 2.41 bits per heavy atom. The van der Waals surface area contributed by atoms with E-state index in [0.717, 1.165) is 24.1 Å². The molecule has 0 aliphatic heterocycles. The Hall–Kier alpha value is -1.55. The molecule has 0 spiro atoms. The molecule has 94 valence electrons. The zero-order valence-electron chi connectivity index (χ0n) is 10.6. The summed E-state index contributed by atoms with van der Waals surface area (Å²) in [5.41, 5.74) is 7.74. The highest BCUT2D eigenvalue weighted by molar-refractivity contribution is 5.73. The average Bonchev–Trinajstić information content (AvgIpc) is 2.36. The molecule has 4 nitrogen and oxygen atoms in total. The average molecular weight is 235 g/mol. The van der Waals surface area contributed by atoms with E-state index in [1.54, 1.807) is 11.9 Å². The summed E-state index contributed by atoms with van der Waals surface area (Å²) >= 11 is 0. The molecule has 0 aliphatic carbocycles. The lowest BCUT2D eigenvalue weighted by molar-refractivity contribution is 0.207. The van der Waals surface area contributed by atoms with Gasteiger partial charge in [-0.05, 0) is 17.5 Å². The van der Waals surface area contributed by atoms with Crippen molar-refractivity contribution in [3.63, 3.8) is 0 Å². The molecule has 0 heterocycles. The molecule has 0 fully saturated rings. The molecular weight excluding hydrogens is 214 g/mol. The second-order valence-corrected chi connectivity index (χ2v) is 4.11. The normalized spacial score (nSPS) is 10.1. The smallest absolute Gasteiger partial charge is 0.317 e. The van der Waals surface area contributed by atoms with Gasteiger partial charge in [-0.25, -0.2) is 4.79 Å². The Balaban J connectivity index is 2.49. The van der Waals surface area contributed by atoms with Crippen LogP contribution in [0.15, 0.2) is 24.3 Å². The van der Waals surface area contributed by atoms with Crippen molar-refractivity contribution in [2.24, 2.45) is 5.73 Å². The zero-order valence-corrected chi connectivity index (χ0v) is 10.6. The number of carbonyl (C=O) groups excluding carboxylic acids is 1. The van der Waals surface area contributed by atoms with Gasteiger partial charge in [-0.2, -0.15) is 0 Å². The van der Waals surface area contributed by atoms with Gasteiger partial charge in [-0.3, -0.25) is 0 Å². The Morgan fingerprint density at radius 2 is 1.88 bits per heavy atom. The van der Waals surface area contributed by atoms with Crippen molar-refractivity contribution in [1.82, 2.24) is 10.2 Å². The predicted molar refractivity (Wildman–Crippen MR) is 69.5 cm³/mol. The molecule has 1 aromatic rings. The fourth-order valence-electron chi connectivity index (χ4n) is 1.49. The number of nitrogens with two attached hydrogens (primary N) is 1. The lowest BCUT2D eigenvalue weighted by atomic mass is 10.1. The molecule has 0 aromatic heterocycles. The van der Waals surface area contributed by atoms with Crippen molar-refractivity contribution in [1.29, 1.82) is 0 Å². The van der Waals surface area contributed by atoms with Crippen LogP contribution in [0.4, 0.5) is 4.79 Å². The van der Waals surface area contributed by atoms with E-state index in [2.05, 4.69) is 5.32 Å². The molecular formula is C13H21N3O. The highest BCUT2D eigenvalue weighted by Crippen LogP contribution is 2.06. The van der Waals surface area contributed by atoms with E-state index in [1.165, 1.54) is 0 Å². The molecule has 0 bridgehead atoms. The van der Waals surface area contributed by atoms with Gasteiger partial charge in [0.25, 0.3) is 0 Å². The van der Waals surface area contributed by atoms with E-state index in [1.807, 2.05) is 31.2 Å². The van der Waals surface area contributed by atoms with E-state index in [9.17, 15) is 4.79 Å². The Morgan fingerprint density at radius 1 is 1.29 bits per heavy atom. The van der Waals surface area contributed by atoms with Crippen LogP contribution in [0.1, 0.15) is 24.5 Å². The van der Waals surface area contributed by atoms with Gasteiger partial charge in [-0.1, -0.05) is 31.2 Å². The molecule has 1 rings (SSSR count). The number of nitrogens with one attached hydrogen (secondary N) is 1. The van der Waals surface area contributed by atoms with Crippen molar-refractivity contribution in [3.05, 3.63) is 35.4 Å². The standard InChI is InChI=1S/C13H21N3O/c1-3-8-15-13(17)16(2)10-12-6-4-11(9-14)5-7-12/h4-7H,3,8-10,14H2,1-2H3,(H,15,17). The first kappa shape index (κ1) is 13.5. The van der Waals surface area contributed by atoms with E-state index >= 15 is 0 Å². The molecule has 3 N–H and O–H groups in total. The fourth-order valence-corrected chi connectivity index (χ4v) is 1.49. The largest absolute Gasteiger partial charge is 0.338 e. The van der Waals surface area contributed by atoms with Crippen LogP contribution in [0.3, 0.4) is 0 Å². The SMILES string of the molecule is CCCNC(=O)N(C)Cc1ccc(CN)cc1. The van der Waals surface area contributed by atoms with Gasteiger partial charge in [0.2, 0.25) is 0 Å². The van der Waals surface area contributed by atoms with Crippen molar-refractivity contribution >= 4 is 6.03 Å². The molecule has 17 heavy (non-hydrogen) atoms. The number of nitrogens with zero attached hydrogens (tertiary/aromatic N) is 1. The van der Waals surface area contributed by atoms with Gasteiger partial charge in [0, 0.05) is 26.7 Å². The number of amides is 2. The van der Waals surface area contributed by atoms with Crippen LogP contribution in [0.25, 0.3) is 0 Å². The summed E-state index contributed by atoms with van der Waals surface area (Å²) in [6.07, 6.45) is 0.949. The minimum Gasteiger partial charge on any atom is -0.338 e. The Kier molecular flexibility index (Phi) is 5.49. The fraction of sp³-hybridized carbons (Fsp3) is 0.462. The maximum Gasteiger partial charge on any atom is 0.317 e. The second kappa shape index (κ2) is 6.91. The quantitative estimate of drug-likeness (QED) is 0.816. The number of carbonyl (C=O) groups is 1. The summed E-state index contributed by atoms with van der Waals surface area (Å²) in [4.78, 5) is 13.3. The zero-order chi connectivity index (χ0) is 12.7. The van der Waals surface area contributed by atoms with Gasteiger partial charge >= 0.3 is 6.03 Å². The third-order valence-electron chi connectivity index (χ3n) is 2.55. The lowest BCUT2D eigenvalue weighted by Crippen LogP contribution is -2.37. The van der Waals surface area contributed by atoms with Crippen molar-refractivity contribution in [3.8, 4) is 0 Å². The van der Waals surface area contributed by atoms with E-state index in [0.29, 0.717) is 13.1 Å². The lowest BCUT2D eigenvalue weighted by Gasteiger charge is -2.18. The first-order valence-electron chi connectivity index (χ1n) is 5.94. The molecule has 4 heteroatoms. The van der Waals surface area contributed by atoms with Crippen LogP contribution in [0, 0.1) is 0 Å². The topological polar surface area (TPSA) is 58.4 Å². The van der Waals surface area contributed by atoms with Crippen LogP contribution < -0.4 is 11.1 Å². The van der Waals surface area contributed by atoms with E-state index < -0.39 is 0 Å². The van der Waals surface area contributed by atoms with Gasteiger partial charge in [0.15, 0.2) is 0 Å². The molecule has 1 aromatic carbocycles. The first-order valence-corrected chi connectivity index (χ1v) is 5.94. The summed E-state index contributed by atoms with van der Waals surface area (Å²) in [6, 6.07) is 7.97. The van der Waals surface area contributed by atoms with Crippen LogP contribution >= 0.6 is 0 Å². The molecule has 0 aliphatic rings. The van der Waals surface area contributed by atoms with Crippen LogP contribution in [-0.4, -0.2) is 24.5 Å². The van der Waals surface area contributed by atoms with Gasteiger partial charge in [-0.15, -0.1) is 0 Å². The number of rotatable bonds is 5. The van der Waals surface area contributed by atoms with E-state index in [4.69, 9.17) is 5.73 Å². The number of urea groups is 1. The molecule has 0 saturated heterocycles. The maximum atomic E-state index is 11.6. The molecule has 0 unspecified atom stereocenters. The van der Waals surface area contributed by atoms with E-state index in [-0.39, 0.29) is 6.03 Å². The molecule has 0 radical (unpaired) electrons. The van der Waals surface area contributed by atoms with Crippen molar-refractivity contribution in [2.45, 2.75) is 26.4 Å². The minimum absolute atomic E-state index is 0.0326. The maximum absolute atomic E-state index is 11.6. The number of hydrogen-bond acceptors (Lipinski definition) is 2. The summed E-state index contributed by atoms with van der Waals surface area (Å²) < 4.78 is 0. The Bertz CT molecular complexity index is 348. The van der Waals surface area contributed by atoms with Crippen molar-refractivity contribution in [2.75, 3.05) is 13.6 Å². The third-order valence-corrected chi connectivity index (χ3v) is 2.55. The summed E-state index contributed by atoms with van der Waals surface area (Å²) in [6.45, 7) is 3.91. The van der Waals surface area contributed by atoms with Gasteiger partial charge in [0.05, 0.1) is 0 Å². The first-order chi connectivity index (χ1) is 8.17. The number of benzene rings is 1. The van der Waals surface area contributed by atoms with Crippen LogP contribution in [-0.2, 0) is 13.1 Å². The highest BCUT2D eigenvalue weighted by Gasteiger charge is 2.07. The number of hydrogen-bond donors (Lipinski definition) is 2. The van der Waals surface area contributed by atoms with Crippen LogP contribution in [0.2, 0.25) is 0 Å². The Labute approximate surface area is 103 Å². The minimum atomic E-state index is -0.0326. The van der Waals surface area contributed by atoms with Gasteiger partial charge < -0.3 is 16.0 Å². The monoisotopic (exact) mass is 235 g/mol.